The van der Waals surface area contributed by atoms with Gasteiger partial charge in [-0.1, -0.05) is 36.4 Å². The monoisotopic (exact) mass is 400 g/mol. The van der Waals surface area contributed by atoms with E-state index in [4.69, 9.17) is 0 Å². The van der Waals surface area contributed by atoms with Crippen molar-refractivity contribution in [3.05, 3.63) is 83.9 Å². The first-order valence-corrected chi connectivity index (χ1v) is 9.02. The van der Waals surface area contributed by atoms with Gasteiger partial charge in [-0.2, -0.15) is 0 Å². The largest absolute Gasteiger partial charge is 0.508 e. The van der Waals surface area contributed by atoms with Crippen LogP contribution >= 0.6 is 0 Å². The number of hydrogen-bond donors (Lipinski definition) is 4. The highest BCUT2D eigenvalue weighted by Gasteiger charge is 2.19. The van der Waals surface area contributed by atoms with Crippen LogP contribution in [0, 0.1) is 0 Å². The number of hydrogen-bond acceptors (Lipinski definition) is 4. The highest BCUT2D eigenvalue weighted by molar-refractivity contribution is 6.10. The summed E-state index contributed by atoms with van der Waals surface area (Å²) in [5.41, 5.74) is 1.93. The molecule has 148 valence electrons. The van der Waals surface area contributed by atoms with Gasteiger partial charge in [0, 0.05) is 11.1 Å². The highest BCUT2D eigenvalue weighted by atomic mass is 16.4. The average Bonchev–Trinajstić information content (AvgIpc) is 2.72. The van der Waals surface area contributed by atoms with Gasteiger partial charge < -0.3 is 20.4 Å². The Labute approximate surface area is 170 Å². The maximum atomic E-state index is 11.7. The molecule has 0 bridgehead atoms. The molecule has 0 saturated carbocycles. The summed E-state index contributed by atoms with van der Waals surface area (Å²) in [6.45, 7) is 0. The van der Waals surface area contributed by atoms with Gasteiger partial charge in [0.05, 0.1) is 11.1 Å². The summed E-state index contributed by atoms with van der Waals surface area (Å²) in [7, 11) is 0. The first kappa shape index (κ1) is 19.0. The lowest BCUT2D eigenvalue weighted by atomic mass is 9.89. The van der Waals surface area contributed by atoms with Gasteiger partial charge in [-0.3, -0.25) is 0 Å². The fourth-order valence-corrected chi connectivity index (χ4v) is 3.65. The zero-order chi connectivity index (χ0) is 21.4. The minimum Gasteiger partial charge on any atom is -0.508 e. The third kappa shape index (κ3) is 3.20. The molecule has 0 radical (unpaired) electrons. The second-order valence-electron chi connectivity index (χ2n) is 6.78. The second-order valence-corrected chi connectivity index (χ2v) is 6.78. The van der Waals surface area contributed by atoms with Crippen LogP contribution in [0.15, 0.2) is 72.8 Å². The van der Waals surface area contributed by atoms with Crippen LogP contribution in [-0.2, 0) is 0 Å². The minimum atomic E-state index is -1.13. The van der Waals surface area contributed by atoms with Gasteiger partial charge in [0.2, 0.25) is 0 Å². The molecule has 0 aliphatic rings. The fourth-order valence-electron chi connectivity index (χ4n) is 3.65. The Morgan fingerprint density at radius 1 is 0.533 bits per heavy atom. The van der Waals surface area contributed by atoms with Crippen LogP contribution in [0.3, 0.4) is 0 Å². The molecule has 6 heteroatoms. The standard InChI is InChI=1S/C24H16O6/c25-13-5-7-19(23(27)28)21(11-13)17-9-10-18(16-4-2-1-3-15(16)17)22-12-14(26)6-8-20(22)24(29)30/h1-12,25-26H,(H,27,28)(H,29,30). The number of phenols is 2. The molecule has 4 N–H and O–H groups in total. The molecule has 4 aromatic rings. The summed E-state index contributed by atoms with van der Waals surface area (Å²) < 4.78 is 0. The lowest BCUT2D eigenvalue weighted by molar-refractivity contribution is 0.0686. The van der Waals surface area contributed by atoms with Gasteiger partial charge in [-0.15, -0.1) is 0 Å². The molecule has 0 amide bonds. The lowest BCUT2D eigenvalue weighted by Gasteiger charge is -2.15. The zero-order valence-electron chi connectivity index (χ0n) is 15.5. The molecule has 0 heterocycles. The van der Waals surface area contributed by atoms with Gasteiger partial charge in [0.25, 0.3) is 0 Å². The third-order valence-electron chi connectivity index (χ3n) is 4.97. The predicted octanol–water partition coefficient (Wildman–Crippen LogP) is 4.98. The van der Waals surface area contributed by atoms with E-state index in [9.17, 15) is 30.0 Å². The number of phenolic OH excluding ortho intramolecular Hbond substituents is 2. The molecule has 0 atom stereocenters. The number of carbonyl (C=O) groups is 2. The molecular weight excluding hydrogens is 384 g/mol. The van der Waals surface area contributed by atoms with E-state index in [1.54, 1.807) is 36.4 Å². The van der Waals surface area contributed by atoms with Crippen LogP contribution in [0.25, 0.3) is 33.0 Å². The van der Waals surface area contributed by atoms with Crippen LogP contribution in [0.4, 0.5) is 0 Å². The van der Waals surface area contributed by atoms with Crippen molar-refractivity contribution >= 4 is 22.7 Å². The average molecular weight is 400 g/mol. The first-order chi connectivity index (χ1) is 14.4. The molecule has 4 rings (SSSR count). The van der Waals surface area contributed by atoms with Crippen molar-refractivity contribution < 1.29 is 30.0 Å². The van der Waals surface area contributed by atoms with E-state index in [0.717, 1.165) is 0 Å². The molecule has 4 aromatic carbocycles. The van der Waals surface area contributed by atoms with E-state index in [1.165, 1.54) is 36.4 Å². The number of rotatable bonds is 4. The quantitative estimate of drug-likeness (QED) is 0.384. The number of aromatic carboxylic acids is 2. The molecule has 6 nitrogen and oxygen atoms in total. The maximum absolute atomic E-state index is 11.7. The molecule has 30 heavy (non-hydrogen) atoms. The van der Waals surface area contributed by atoms with E-state index in [2.05, 4.69) is 0 Å². The van der Waals surface area contributed by atoms with Gasteiger partial charge >= 0.3 is 11.9 Å². The van der Waals surface area contributed by atoms with Crippen LogP contribution in [-0.4, -0.2) is 32.4 Å². The van der Waals surface area contributed by atoms with E-state index in [0.29, 0.717) is 33.0 Å². The van der Waals surface area contributed by atoms with Crippen molar-refractivity contribution in [3.63, 3.8) is 0 Å². The smallest absolute Gasteiger partial charge is 0.336 e. The Hall–Kier alpha value is -4.32. The Morgan fingerprint density at radius 3 is 1.30 bits per heavy atom. The zero-order valence-corrected chi connectivity index (χ0v) is 15.5. The number of fused-ring (bicyclic) bond motifs is 1. The molecular formula is C24H16O6. The van der Waals surface area contributed by atoms with E-state index >= 15 is 0 Å². The molecule has 0 spiro atoms. The fraction of sp³-hybridized carbons (Fsp3) is 0. The summed E-state index contributed by atoms with van der Waals surface area (Å²) >= 11 is 0. The Morgan fingerprint density at radius 2 is 0.933 bits per heavy atom. The molecule has 0 aliphatic carbocycles. The van der Waals surface area contributed by atoms with Crippen molar-refractivity contribution in [2.45, 2.75) is 0 Å². The van der Waals surface area contributed by atoms with Crippen LogP contribution < -0.4 is 0 Å². The molecule has 0 fully saturated rings. The van der Waals surface area contributed by atoms with Crippen LogP contribution in [0.5, 0.6) is 11.5 Å². The Bertz CT molecular complexity index is 1220. The SMILES string of the molecule is O=C(O)c1ccc(O)cc1-c1ccc(-c2cc(O)ccc2C(=O)O)c2ccccc12. The van der Waals surface area contributed by atoms with Gasteiger partial charge in [-0.25, -0.2) is 9.59 Å². The van der Waals surface area contributed by atoms with Crippen molar-refractivity contribution in [1.29, 1.82) is 0 Å². The number of carboxylic acid groups (broad SMARTS) is 2. The van der Waals surface area contributed by atoms with Crippen molar-refractivity contribution in [3.8, 4) is 33.8 Å². The lowest BCUT2D eigenvalue weighted by Crippen LogP contribution is -2.01. The van der Waals surface area contributed by atoms with Gasteiger partial charge in [0.15, 0.2) is 0 Å². The van der Waals surface area contributed by atoms with E-state index in [1.807, 2.05) is 0 Å². The summed E-state index contributed by atoms with van der Waals surface area (Å²) in [6, 6.07) is 18.7. The first-order valence-electron chi connectivity index (χ1n) is 9.02. The van der Waals surface area contributed by atoms with E-state index in [-0.39, 0.29) is 22.6 Å². The Kier molecular flexibility index (Phi) is 4.60. The number of aromatic hydroxyl groups is 2. The number of benzene rings is 4. The van der Waals surface area contributed by atoms with Gasteiger partial charge in [0.1, 0.15) is 11.5 Å². The normalized spacial score (nSPS) is 10.8. The maximum Gasteiger partial charge on any atom is 0.336 e. The third-order valence-corrected chi connectivity index (χ3v) is 4.97. The van der Waals surface area contributed by atoms with Gasteiger partial charge in [-0.05, 0) is 58.3 Å². The molecule has 0 unspecified atom stereocenters. The van der Waals surface area contributed by atoms with Crippen molar-refractivity contribution in [2.75, 3.05) is 0 Å². The summed E-state index contributed by atoms with van der Waals surface area (Å²) in [5, 5.41) is 40.4. The van der Waals surface area contributed by atoms with Crippen LogP contribution in [0.2, 0.25) is 0 Å². The number of carboxylic acids is 2. The molecule has 0 saturated heterocycles. The highest BCUT2D eigenvalue weighted by Crippen LogP contribution is 2.39. The summed E-state index contributed by atoms with van der Waals surface area (Å²) in [5.74, 6) is -2.38. The summed E-state index contributed by atoms with van der Waals surface area (Å²) in [6.07, 6.45) is 0. The molecule has 0 aliphatic heterocycles. The second kappa shape index (κ2) is 7.25. The predicted molar refractivity (Wildman–Crippen MR) is 112 cm³/mol. The molecule has 0 aromatic heterocycles. The summed E-state index contributed by atoms with van der Waals surface area (Å²) in [4.78, 5) is 23.4. The Balaban J connectivity index is 2.06. The minimum absolute atomic E-state index is 0.0364. The topological polar surface area (TPSA) is 115 Å². The van der Waals surface area contributed by atoms with Crippen molar-refractivity contribution in [1.82, 2.24) is 0 Å². The van der Waals surface area contributed by atoms with Crippen molar-refractivity contribution in [2.24, 2.45) is 0 Å². The van der Waals surface area contributed by atoms with Crippen LogP contribution in [0.1, 0.15) is 20.7 Å². The van der Waals surface area contributed by atoms with E-state index < -0.39 is 11.9 Å².